The van der Waals surface area contributed by atoms with Crippen molar-refractivity contribution in [1.82, 2.24) is 20.1 Å². The number of hydrogen-bond acceptors (Lipinski definition) is 6. The molecule has 0 bridgehead atoms. The molecule has 0 saturated heterocycles. The van der Waals surface area contributed by atoms with Crippen molar-refractivity contribution in [3.05, 3.63) is 27.6 Å². The first-order valence-corrected chi connectivity index (χ1v) is 7.56. The van der Waals surface area contributed by atoms with E-state index in [0.29, 0.717) is 13.1 Å². The zero-order chi connectivity index (χ0) is 17.2. The topological polar surface area (TPSA) is 141 Å². The van der Waals surface area contributed by atoms with Gasteiger partial charge >= 0.3 is 0 Å². The third-order valence-corrected chi connectivity index (χ3v) is 3.30. The van der Waals surface area contributed by atoms with Crippen LogP contribution in [0.15, 0.2) is 11.1 Å². The Kier molecular flexibility index (Phi) is 7.98. The first-order valence-electron chi connectivity index (χ1n) is 7.56. The van der Waals surface area contributed by atoms with E-state index in [4.69, 9.17) is 11.5 Å². The van der Waals surface area contributed by atoms with Gasteiger partial charge in [0.05, 0.1) is 12.2 Å². The van der Waals surface area contributed by atoms with Crippen molar-refractivity contribution >= 4 is 5.96 Å². The summed E-state index contributed by atoms with van der Waals surface area (Å²) < 4.78 is 1.98. The zero-order valence-electron chi connectivity index (χ0n) is 13.7. The summed E-state index contributed by atoms with van der Waals surface area (Å²) in [6, 6.07) is 2.05. The Morgan fingerprint density at radius 1 is 1.48 bits per heavy atom. The fraction of sp³-hybridized carbons (Fsp3) is 0.692. The molecule has 10 nitrogen and oxygen atoms in total. The normalized spacial score (nSPS) is 11.9. The Morgan fingerprint density at radius 3 is 2.78 bits per heavy atom. The number of nitrogens with one attached hydrogen (secondary N) is 1. The van der Waals surface area contributed by atoms with Gasteiger partial charge in [-0.05, 0) is 26.3 Å². The monoisotopic (exact) mass is 326 g/mol. The van der Waals surface area contributed by atoms with Crippen LogP contribution in [-0.4, -0.2) is 58.4 Å². The molecule has 0 spiro atoms. The van der Waals surface area contributed by atoms with Gasteiger partial charge in [-0.15, -0.1) is 0 Å². The number of nitro groups is 1. The smallest absolute Gasteiger partial charge is 0.251 e. The lowest BCUT2D eigenvalue weighted by Gasteiger charge is -2.21. The fourth-order valence-electron chi connectivity index (χ4n) is 2.28. The summed E-state index contributed by atoms with van der Waals surface area (Å²) in [6.07, 6.45) is 0.747. The van der Waals surface area contributed by atoms with Crippen molar-refractivity contribution < 1.29 is 5.03 Å². The number of aliphatic imine (C=N–C) groups is 1. The van der Waals surface area contributed by atoms with Crippen LogP contribution in [0.25, 0.3) is 0 Å². The van der Waals surface area contributed by atoms with Crippen LogP contribution in [0.2, 0.25) is 0 Å². The minimum absolute atomic E-state index is 0.178. The van der Waals surface area contributed by atoms with Crippen LogP contribution in [0.4, 0.5) is 0 Å². The van der Waals surface area contributed by atoms with Crippen LogP contribution in [0.5, 0.6) is 0 Å². The number of hydrazine groups is 1. The van der Waals surface area contributed by atoms with Crippen LogP contribution < -0.4 is 16.9 Å². The number of nitrogens with two attached hydrogens (primary N) is 2. The maximum atomic E-state index is 10.2. The molecule has 23 heavy (non-hydrogen) atoms. The molecule has 0 aromatic carbocycles. The van der Waals surface area contributed by atoms with Crippen molar-refractivity contribution in [2.24, 2.45) is 16.5 Å². The number of nitrogens with zero attached hydrogens (tertiary/aromatic N) is 5. The second-order valence-electron chi connectivity index (χ2n) is 5.27. The summed E-state index contributed by atoms with van der Waals surface area (Å²) in [4.78, 5) is 16.3. The van der Waals surface area contributed by atoms with Gasteiger partial charge in [-0.1, -0.05) is 5.43 Å². The second-order valence-corrected chi connectivity index (χ2v) is 5.27. The maximum Gasteiger partial charge on any atom is 0.251 e. The summed E-state index contributed by atoms with van der Waals surface area (Å²) >= 11 is 0. The number of guanidine groups is 1. The van der Waals surface area contributed by atoms with Gasteiger partial charge in [-0.3, -0.25) is 4.68 Å². The molecule has 0 atom stereocenters. The van der Waals surface area contributed by atoms with Gasteiger partial charge in [0, 0.05) is 38.4 Å². The number of aryl methyl sites for hydroxylation is 2. The molecule has 0 radical (unpaired) electrons. The molecule has 0 fully saturated rings. The van der Waals surface area contributed by atoms with Crippen molar-refractivity contribution in [1.29, 1.82) is 0 Å². The van der Waals surface area contributed by atoms with Gasteiger partial charge in [0.1, 0.15) is 0 Å². The van der Waals surface area contributed by atoms with E-state index < -0.39 is 5.03 Å². The number of aromatic nitrogens is 2. The van der Waals surface area contributed by atoms with Gasteiger partial charge in [-0.25, -0.2) is 15.1 Å². The molecule has 10 heteroatoms. The molecule has 0 aliphatic rings. The van der Waals surface area contributed by atoms with Gasteiger partial charge in [-0.2, -0.15) is 5.10 Å². The van der Waals surface area contributed by atoms with Crippen LogP contribution in [0.3, 0.4) is 0 Å². The van der Waals surface area contributed by atoms with E-state index in [9.17, 15) is 10.1 Å². The quantitative estimate of drug-likeness (QED) is 0.169. The van der Waals surface area contributed by atoms with Gasteiger partial charge in [0.15, 0.2) is 5.03 Å². The third kappa shape index (κ3) is 7.56. The van der Waals surface area contributed by atoms with E-state index >= 15 is 0 Å². The van der Waals surface area contributed by atoms with Crippen molar-refractivity contribution in [2.75, 3.05) is 32.7 Å². The molecule has 0 unspecified atom stereocenters. The summed E-state index contributed by atoms with van der Waals surface area (Å²) in [5.41, 5.74) is 15.0. The largest absolute Gasteiger partial charge is 0.365 e. The zero-order valence-corrected chi connectivity index (χ0v) is 13.7. The summed E-state index contributed by atoms with van der Waals surface area (Å²) in [5, 5.41) is 13.9. The lowest BCUT2D eigenvalue weighted by atomic mass is 10.3. The molecule has 0 saturated carbocycles. The highest BCUT2D eigenvalue weighted by Crippen LogP contribution is 2.02. The number of rotatable bonds is 10. The van der Waals surface area contributed by atoms with E-state index in [1.54, 1.807) is 0 Å². The van der Waals surface area contributed by atoms with Crippen LogP contribution in [0.1, 0.15) is 17.8 Å². The van der Waals surface area contributed by atoms with Gasteiger partial charge in [0.2, 0.25) is 0 Å². The van der Waals surface area contributed by atoms with E-state index in [-0.39, 0.29) is 5.96 Å². The molecule has 5 N–H and O–H groups in total. The highest BCUT2D eigenvalue weighted by molar-refractivity contribution is 5.76. The molecule has 1 aromatic heterocycles. The average Bonchev–Trinajstić information content (AvgIpc) is 2.78. The SMILES string of the molecule is Cc1cc(C)n(CCN(CCN)CCCN=C(N)N[N+](=O)[O-])n1. The summed E-state index contributed by atoms with van der Waals surface area (Å²) in [6.45, 7) is 8.23. The van der Waals surface area contributed by atoms with Crippen LogP contribution in [0, 0.1) is 24.0 Å². The molecule has 130 valence electrons. The minimum atomic E-state index is -0.728. The molecule has 1 rings (SSSR count). The van der Waals surface area contributed by atoms with E-state index in [1.165, 1.54) is 0 Å². The summed E-state index contributed by atoms with van der Waals surface area (Å²) in [5.74, 6) is -0.178. The highest BCUT2D eigenvalue weighted by atomic mass is 16.7. The molecule has 1 aromatic rings. The van der Waals surface area contributed by atoms with E-state index in [1.807, 2.05) is 30.0 Å². The van der Waals surface area contributed by atoms with Crippen LogP contribution >= 0.6 is 0 Å². The van der Waals surface area contributed by atoms with Crippen LogP contribution in [-0.2, 0) is 6.54 Å². The van der Waals surface area contributed by atoms with Crippen molar-refractivity contribution in [3.63, 3.8) is 0 Å². The molecule has 0 amide bonds. The third-order valence-electron chi connectivity index (χ3n) is 3.30. The number of hydrogen-bond donors (Lipinski definition) is 3. The Balaban J connectivity index is 2.37. The molecular weight excluding hydrogens is 300 g/mol. The van der Waals surface area contributed by atoms with Crippen molar-refractivity contribution in [2.45, 2.75) is 26.8 Å². The van der Waals surface area contributed by atoms with E-state index in [0.717, 1.165) is 44.0 Å². The Hall–Kier alpha value is -2.20. The molecule has 1 heterocycles. The summed E-state index contributed by atoms with van der Waals surface area (Å²) in [7, 11) is 0. The maximum absolute atomic E-state index is 10.2. The first-order chi connectivity index (χ1) is 10.9. The standard InChI is InChI=1S/C13H26N8O2/c1-11-10-12(2)20(17-11)9-8-19(7-4-14)6-3-5-16-13(15)18-21(22)23/h10H,3-9,14H2,1-2H3,(H3,15,16,18). The minimum Gasteiger partial charge on any atom is -0.365 e. The Morgan fingerprint density at radius 2 is 2.22 bits per heavy atom. The Bertz CT molecular complexity index is 528. The Labute approximate surface area is 135 Å². The molecular formula is C13H26N8O2. The predicted octanol–water partition coefficient (Wildman–Crippen LogP) is -0.753. The van der Waals surface area contributed by atoms with Gasteiger partial charge < -0.3 is 16.4 Å². The molecule has 0 aliphatic heterocycles. The van der Waals surface area contributed by atoms with E-state index in [2.05, 4.69) is 15.0 Å². The average molecular weight is 326 g/mol. The first kappa shape index (κ1) is 18.8. The van der Waals surface area contributed by atoms with Crippen molar-refractivity contribution in [3.8, 4) is 0 Å². The lowest BCUT2D eigenvalue weighted by molar-refractivity contribution is -0.525. The van der Waals surface area contributed by atoms with Gasteiger partial charge in [0.25, 0.3) is 5.96 Å². The fourth-order valence-corrected chi connectivity index (χ4v) is 2.28. The predicted molar refractivity (Wildman–Crippen MR) is 88.4 cm³/mol. The molecule has 0 aliphatic carbocycles. The lowest BCUT2D eigenvalue weighted by Crippen LogP contribution is -2.36. The highest BCUT2D eigenvalue weighted by Gasteiger charge is 2.07. The second kappa shape index (κ2) is 9.74.